The summed E-state index contributed by atoms with van der Waals surface area (Å²) in [6.45, 7) is 0. The number of hydrogen-bond acceptors (Lipinski definition) is 4. The molecule has 4 nitrogen and oxygen atoms in total. The van der Waals surface area contributed by atoms with Gasteiger partial charge in [-0.3, -0.25) is 0 Å². The van der Waals surface area contributed by atoms with Crippen molar-refractivity contribution < 1.29 is 4.42 Å². The zero-order chi connectivity index (χ0) is 36.3. The monoisotopic (exact) mass is 703 g/mol. The van der Waals surface area contributed by atoms with Gasteiger partial charge in [0.05, 0.1) is 0 Å². The lowest BCUT2D eigenvalue weighted by atomic mass is 9.89. The predicted octanol–water partition coefficient (Wildman–Crippen LogP) is 12.9. The second-order valence-corrected chi connectivity index (χ2v) is 14.1. The molecule has 2 heterocycles. The minimum absolute atomic E-state index is 0.315. The predicted molar refractivity (Wildman–Crippen MR) is 229 cm³/mol. The van der Waals surface area contributed by atoms with Crippen LogP contribution in [0.2, 0.25) is 0 Å². The molecular formula is C51H33N3O. The summed E-state index contributed by atoms with van der Waals surface area (Å²) in [6, 6.07) is 66.3. The van der Waals surface area contributed by atoms with E-state index in [0.29, 0.717) is 5.84 Å². The van der Waals surface area contributed by atoms with E-state index in [2.05, 4.69) is 169 Å². The van der Waals surface area contributed by atoms with Gasteiger partial charge in [-0.1, -0.05) is 164 Å². The number of hydrogen-bond donors (Lipinski definition) is 1. The number of para-hydroxylation sites is 1. The van der Waals surface area contributed by atoms with Crippen LogP contribution in [0.3, 0.4) is 0 Å². The molecule has 9 aromatic carbocycles. The van der Waals surface area contributed by atoms with E-state index in [-0.39, 0.29) is 6.17 Å². The fraction of sp³-hybridized carbons (Fsp3) is 0.0196. The Labute approximate surface area is 317 Å². The van der Waals surface area contributed by atoms with Crippen LogP contribution in [-0.2, 0) is 0 Å². The number of fused-ring (bicyclic) bond motifs is 6. The van der Waals surface area contributed by atoms with E-state index in [9.17, 15) is 0 Å². The lowest BCUT2D eigenvalue weighted by Crippen LogP contribution is -2.33. The minimum Gasteiger partial charge on any atom is -0.455 e. The Morgan fingerprint density at radius 1 is 0.436 bits per heavy atom. The van der Waals surface area contributed by atoms with Gasteiger partial charge < -0.3 is 9.73 Å². The highest BCUT2D eigenvalue weighted by atomic mass is 16.3. The summed E-state index contributed by atoms with van der Waals surface area (Å²) in [5, 5.41) is 12.9. The molecule has 0 saturated heterocycles. The van der Waals surface area contributed by atoms with E-state index >= 15 is 0 Å². The van der Waals surface area contributed by atoms with Crippen LogP contribution in [-0.4, -0.2) is 11.7 Å². The maximum absolute atomic E-state index is 6.77. The van der Waals surface area contributed by atoms with Crippen molar-refractivity contribution in [2.24, 2.45) is 9.98 Å². The first-order valence-corrected chi connectivity index (χ1v) is 18.7. The number of aliphatic imine (C=N–C) groups is 2. The minimum atomic E-state index is -0.315. The second-order valence-electron chi connectivity index (χ2n) is 14.1. The van der Waals surface area contributed by atoms with Crippen LogP contribution in [0.25, 0.3) is 76.5 Å². The topological polar surface area (TPSA) is 49.9 Å². The first kappa shape index (κ1) is 31.2. The summed E-state index contributed by atoms with van der Waals surface area (Å²) in [4.78, 5) is 10.5. The van der Waals surface area contributed by atoms with Crippen LogP contribution in [0.1, 0.15) is 22.9 Å². The fourth-order valence-corrected chi connectivity index (χ4v) is 8.31. The quantitative estimate of drug-likeness (QED) is 0.194. The average Bonchev–Trinajstić information content (AvgIpc) is 3.66. The van der Waals surface area contributed by atoms with Gasteiger partial charge in [0.1, 0.15) is 23.2 Å². The van der Waals surface area contributed by atoms with Gasteiger partial charge in [-0.2, -0.15) is 0 Å². The Kier molecular flexibility index (Phi) is 7.20. The van der Waals surface area contributed by atoms with Gasteiger partial charge >= 0.3 is 0 Å². The zero-order valence-electron chi connectivity index (χ0n) is 29.8. The van der Waals surface area contributed by atoms with Crippen molar-refractivity contribution in [3.8, 4) is 22.3 Å². The number of rotatable bonds is 5. The number of benzene rings is 9. The molecule has 11 rings (SSSR count). The van der Waals surface area contributed by atoms with E-state index in [1.807, 2.05) is 24.3 Å². The summed E-state index contributed by atoms with van der Waals surface area (Å²) in [6.07, 6.45) is -0.315. The third-order valence-electron chi connectivity index (χ3n) is 10.9. The highest BCUT2D eigenvalue weighted by Gasteiger charge is 2.24. The molecule has 0 radical (unpaired) electrons. The van der Waals surface area contributed by atoms with Crippen molar-refractivity contribution in [3.05, 3.63) is 205 Å². The molecule has 55 heavy (non-hydrogen) atoms. The van der Waals surface area contributed by atoms with Crippen LogP contribution < -0.4 is 5.32 Å². The van der Waals surface area contributed by atoms with Crippen molar-refractivity contribution in [3.63, 3.8) is 0 Å². The second kappa shape index (κ2) is 12.7. The largest absolute Gasteiger partial charge is 0.455 e. The van der Waals surface area contributed by atoms with Crippen LogP contribution in [0.15, 0.2) is 202 Å². The van der Waals surface area contributed by atoms with Gasteiger partial charge in [-0.25, -0.2) is 9.98 Å². The molecule has 10 aromatic rings. The number of nitrogens with zero attached hydrogens (tertiary/aromatic N) is 2. The summed E-state index contributed by atoms with van der Waals surface area (Å²) >= 11 is 0. The van der Waals surface area contributed by atoms with E-state index in [4.69, 9.17) is 14.4 Å². The highest BCUT2D eigenvalue weighted by Crippen LogP contribution is 2.45. The van der Waals surface area contributed by atoms with Crippen molar-refractivity contribution in [1.29, 1.82) is 0 Å². The summed E-state index contributed by atoms with van der Waals surface area (Å²) in [5.74, 6) is 1.50. The Hall–Kier alpha value is -7.30. The van der Waals surface area contributed by atoms with Gasteiger partial charge in [0, 0.05) is 27.5 Å². The molecule has 0 spiro atoms. The Bertz CT molecular complexity index is 3190. The van der Waals surface area contributed by atoms with Gasteiger partial charge in [0.15, 0.2) is 5.84 Å². The van der Waals surface area contributed by atoms with E-state index in [0.717, 1.165) is 77.5 Å². The maximum atomic E-state index is 6.77. The fourth-order valence-electron chi connectivity index (χ4n) is 8.31. The molecule has 1 aliphatic heterocycles. The number of furan rings is 1. The molecule has 0 amide bonds. The first-order chi connectivity index (χ1) is 27.3. The van der Waals surface area contributed by atoms with Gasteiger partial charge in [-0.05, 0) is 78.8 Å². The molecular weight excluding hydrogens is 671 g/mol. The van der Waals surface area contributed by atoms with Crippen LogP contribution in [0.4, 0.5) is 0 Å². The Balaban J connectivity index is 1.11. The summed E-state index contributed by atoms with van der Waals surface area (Å²) in [5.41, 5.74) is 9.35. The van der Waals surface area contributed by atoms with Crippen molar-refractivity contribution in [2.75, 3.05) is 0 Å². The molecule has 1 aliphatic rings. The molecule has 1 atom stereocenters. The van der Waals surface area contributed by atoms with Crippen molar-refractivity contribution in [2.45, 2.75) is 6.17 Å². The Morgan fingerprint density at radius 2 is 1.05 bits per heavy atom. The van der Waals surface area contributed by atoms with Gasteiger partial charge in [0.25, 0.3) is 0 Å². The first-order valence-electron chi connectivity index (χ1n) is 18.7. The smallest absolute Gasteiger partial charge is 0.160 e. The zero-order valence-corrected chi connectivity index (χ0v) is 29.8. The molecule has 1 unspecified atom stereocenters. The highest BCUT2D eigenvalue weighted by molar-refractivity contribution is 6.22. The number of amidine groups is 2. The third kappa shape index (κ3) is 5.22. The van der Waals surface area contributed by atoms with Crippen LogP contribution in [0.5, 0.6) is 0 Å². The van der Waals surface area contributed by atoms with Crippen molar-refractivity contribution in [1.82, 2.24) is 5.32 Å². The summed E-state index contributed by atoms with van der Waals surface area (Å²) < 4.78 is 6.77. The third-order valence-corrected chi connectivity index (χ3v) is 10.9. The molecule has 1 N–H and O–H groups in total. The molecule has 0 fully saturated rings. The normalized spacial score (nSPS) is 14.4. The maximum Gasteiger partial charge on any atom is 0.160 e. The molecule has 258 valence electrons. The lowest BCUT2D eigenvalue weighted by Gasteiger charge is -2.24. The number of nitrogens with one attached hydrogen (secondary N) is 1. The molecule has 0 saturated carbocycles. The molecule has 0 aliphatic carbocycles. The van der Waals surface area contributed by atoms with Crippen molar-refractivity contribution >= 4 is 65.9 Å². The van der Waals surface area contributed by atoms with Gasteiger partial charge in [0.2, 0.25) is 0 Å². The average molecular weight is 704 g/mol. The van der Waals surface area contributed by atoms with E-state index in [1.54, 1.807) is 0 Å². The lowest BCUT2D eigenvalue weighted by molar-refractivity contribution is 0.670. The van der Waals surface area contributed by atoms with E-state index < -0.39 is 0 Å². The van der Waals surface area contributed by atoms with Crippen LogP contribution in [0, 0.1) is 0 Å². The van der Waals surface area contributed by atoms with Gasteiger partial charge in [-0.15, -0.1) is 0 Å². The van der Waals surface area contributed by atoms with Crippen LogP contribution >= 0.6 is 0 Å². The molecule has 0 bridgehead atoms. The molecule has 4 heteroatoms. The molecule has 1 aromatic heterocycles. The summed E-state index contributed by atoms with van der Waals surface area (Å²) in [7, 11) is 0. The Morgan fingerprint density at radius 3 is 1.91 bits per heavy atom. The van der Waals surface area contributed by atoms with E-state index in [1.165, 1.54) is 21.5 Å². The SMILES string of the molecule is c1ccc(C2=NC(c3ccc(-c4ccc(-c5cccc6ccccc56)c5oc6ccccc6c45)c4ccccc34)=NC(c3ccc4ccccc4c3)N2)cc1. The standard InChI is InChI=1S/C51H33N3O/c1-2-15-34(16-3-1)49-52-50(36-26-25-32-13-4-5-17-35(32)31-36)54-51(53-49)44-30-27-41(39-20-8-9-21-40(39)44)42-28-29-43(38-23-12-18-33-14-6-7-19-37(33)38)48-47(42)45-22-10-11-24-46(45)55-48/h1-31,50H,(H,52,53,54).